The third-order valence-corrected chi connectivity index (χ3v) is 4.54. The van der Waals surface area contributed by atoms with Gasteiger partial charge in [0.15, 0.2) is 5.78 Å². The lowest BCUT2D eigenvalue weighted by atomic mass is 9.96. The Kier molecular flexibility index (Phi) is 6.53. The molecule has 1 unspecified atom stereocenters. The van der Waals surface area contributed by atoms with Gasteiger partial charge in [-0.2, -0.15) is 0 Å². The summed E-state index contributed by atoms with van der Waals surface area (Å²) < 4.78 is 0. The summed E-state index contributed by atoms with van der Waals surface area (Å²) in [6.45, 7) is 2.99. The number of nitrogens with one attached hydrogen (secondary N) is 2. The van der Waals surface area contributed by atoms with E-state index in [0.29, 0.717) is 24.1 Å². The van der Waals surface area contributed by atoms with Gasteiger partial charge >= 0.3 is 0 Å². The number of carbonyl (C=O) groups is 2. The van der Waals surface area contributed by atoms with Crippen molar-refractivity contribution in [1.29, 1.82) is 0 Å². The molecule has 1 fully saturated rings. The van der Waals surface area contributed by atoms with E-state index >= 15 is 0 Å². The first-order valence-electron chi connectivity index (χ1n) is 8.40. The Hall–Kier alpha value is -2.21. The number of hydrogen-bond donors (Lipinski definition) is 3. The first kappa shape index (κ1) is 20.1. The Labute approximate surface area is 159 Å². The summed E-state index contributed by atoms with van der Waals surface area (Å²) in [5.41, 5.74) is 1.88. The van der Waals surface area contributed by atoms with E-state index in [2.05, 4.69) is 10.6 Å². The minimum Gasteiger partial charge on any atom is -0.387 e. The molecular formula is C20H23ClN2O3. The highest BCUT2D eigenvalue weighted by Crippen LogP contribution is 2.25. The molecule has 3 rings (SSSR count). The largest absolute Gasteiger partial charge is 0.387 e. The SMILES string of the molecule is CC(=O)c1ccccc1-c1cccc(C(=O)NCC2(O)CCNC2)c1.Cl. The molecule has 6 heteroatoms. The van der Waals surface area contributed by atoms with E-state index in [-0.39, 0.29) is 30.6 Å². The van der Waals surface area contributed by atoms with Crippen LogP contribution in [-0.2, 0) is 0 Å². The van der Waals surface area contributed by atoms with Crippen LogP contribution in [0.5, 0.6) is 0 Å². The molecule has 0 spiro atoms. The molecule has 26 heavy (non-hydrogen) atoms. The van der Waals surface area contributed by atoms with Gasteiger partial charge in [0.1, 0.15) is 0 Å². The van der Waals surface area contributed by atoms with Gasteiger partial charge in [-0.15, -0.1) is 12.4 Å². The lowest BCUT2D eigenvalue weighted by Crippen LogP contribution is -2.44. The van der Waals surface area contributed by atoms with Crippen molar-refractivity contribution in [3.05, 3.63) is 59.7 Å². The molecule has 0 saturated carbocycles. The van der Waals surface area contributed by atoms with Crippen molar-refractivity contribution in [3.63, 3.8) is 0 Å². The maximum Gasteiger partial charge on any atom is 0.251 e. The van der Waals surface area contributed by atoms with Crippen LogP contribution >= 0.6 is 12.4 Å². The van der Waals surface area contributed by atoms with Crippen molar-refractivity contribution < 1.29 is 14.7 Å². The number of amides is 1. The quantitative estimate of drug-likeness (QED) is 0.702. The number of Topliss-reactive ketones (excluding diaryl/α,β-unsaturated/α-hetero) is 1. The van der Waals surface area contributed by atoms with Crippen LogP contribution in [0.4, 0.5) is 0 Å². The molecule has 0 aromatic heterocycles. The van der Waals surface area contributed by atoms with Gasteiger partial charge in [-0.05, 0) is 43.1 Å². The average molecular weight is 375 g/mol. The topological polar surface area (TPSA) is 78.4 Å². The predicted molar refractivity (Wildman–Crippen MR) is 104 cm³/mol. The smallest absolute Gasteiger partial charge is 0.251 e. The second-order valence-electron chi connectivity index (χ2n) is 6.52. The minimum absolute atomic E-state index is 0. The van der Waals surface area contributed by atoms with E-state index in [1.54, 1.807) is 24.3 Å². The number of aliphatic hydroxyl groups is 1. The van der Waals surface area contributed by atoms with Gasteiger partial charge in [0.2, 0.25) is 0 Å². The highest BCUT2D eigenvalue weighted by molar-refractivity contribution is 6.02. The number of carbonyl (C=O) groups excluding carboxylic acids is 2. The van der Waals surface area contributed by atoms with Gasteiger partial charge in [0.25, 0.3) is 5.91 Å². The maximum absolute atomic E-state index is 12.4. The Bertz CT molecular complexity index is 801. The second kappa shape index (κ2) is 8.45. The van der Waals surface area contributed by atoms with Crippen molar-refractivity contribution in [2.45, 2.75) is 18.9 Å². The molecule has 1 aliphatic heterocycles. The summed E-state index contributed by atoms with van der Waals surface area (Å²) in [6.07, 6.45) is 0.624. The first-order chi connectivity index (χ1) is 12.0. The standard InChI is InChI=1S/C20H22N2O3.ClH/c1-14(23)17-7-2-3-8-18(17)15-5-4-6-16(11-15)19(24)22-13-20(25)9-10-21-12-20;/h2-8,11,21,25H,9-10,12-13H2,1H3,(H,22,24);1H. The van der Waals surface area contributed by atoms with Crippen LogP contribution in [0.1, 0.15) is 34.1 Å². The summed E-state index contributed by atoms with van der Waals surface area (Å²) in [6, 6.07) is 14.5. The molecule has 5 nitrogen and oxygen atoms in total. The number of halogens is 1. The predicted octanol–water partition coefficient (Wildman–Crippen LogP) is 2.43. The van der Waals surface area contributed by atoms with Crippen molar-refractivity contribution in [2.75, 3.05) is 19.6 Å². The highest BCUT2D eigenvalue weighted by atomic mass is 35.5. The van der Waals surface area contributed by atoms with Crippen LogP contribution in [0, 0.1) is 0 Å². The molecule has 2 aromatic rings. The molecule has 1 aliphatic rings. The Balaban J connectivity index is 0.00000243. The van der Waals surface area contributed by atoms with Gasteiger partial charge in [0.05, 0.1) is 5.60 Å². The molecular weight excluding hydrogens is 352 g/mol. The molecule has 2 aromatic carbocycles. The molecule has 1 saturated heterocycles. The van der Waals surface area contributed by atoms with Gasteiger partial charge < -0.3 is 15.7 Å². The fourth-order valence-corrected chi connectivity index (χ4v) is 3.10. The van der Waals surface area contributed by atoms with E-state index in [1.165, 1.54) is 6.92 Å². The van der Waals surface area contributed by atoms with Crippen LogP contribution in [0.2, 0.25) is 0 Å². The van der Waals surface area contributed by atoms with E-state index in [0.717, 1.165) is 17.7 Å². The van der Waals surface area contributed by atoms with E-state index in [1.807, 2.05) is 24.3 Å². The fraction of sp³-hybridized carbons (Fsp3) is 0.300. The van der Waals surface area contributed by atoms with Crippen LogP contribution in [0.15, 0.2) is 48.5 Å². The summed E-state index contributed by atoms with van der Waals surface area (Å²) >= 11 is 0. The number of β-amino-alcohol motifs (C(OH)–C–C–N with tert-alkyl or cyclic N) is 1. The third-order valence-electron chi connectivity index (χ3n) is 4.54. The van der Waals surface area contributed by atoms with Crippen LogP contribution in [-0.4, -0.2) is 42.0 Å². The van der Waals surface area contributed by atoms with Crippen molar-refractivity contribution in [3.8, 4) is 11.1 Å². The zero-order valence-corrected chi connectivity index (χ0v) is 15.4. The normalized spacial score (nSPS) is 18.8. The van der Waals surface area contributed by atoms with Crippen LogP contribution in [0.25, 0.3) is 11.1 Å². The fourth-order valence-electron chi connectivity index (χ4n) is 3.10. The number of rotatable bonds is 5. The molecule has 138 valence electrons. The van der Waals surface area contributed by atoms with Crippen molar-refractivity contribution in [2.24, 2.45) is 0 Å². The van der Waals surface area contributed by atoms with E-state index in [9.17, 15) is 14.7 Å². The Morgan fingerprint density at radius 1 is 1.19 bits per heavy atom. The van der Waals surface area contributed by atoms with Gasteiger partial charge in [-0.3, -0.25) is 9.59 Å². The molecule has 1 heterocycles. The zero-order valence-electron chi connectivity index (χ0n) is 14.6. The van der Waals surface area contributed by atoms with E-state index in [4.69, 9.17) is 0 Å². The average Bonchev–Trinajstić information content (AvgIpc) is 3.07. The molecule has 1 atom stereocenters. The molecule has 0 radical (unpaired) electrons. The Morgan fingerprint density at radius 3 is 2.65 bits per heavy atom. The lowest BCUT2D eigenvalue weighted by molar-refractivity contribution is 0.0562. The van der Waals surface area contributed by atoms with Crippen molar-refractivity contribution in [1.82, 2.24) is 10.6 Å². The molecule has 0 aliphatic carbocycles. The zero-order chi connectivity index (χ0) is 17.9. The number of ketones is 1. The summed E-state index contributed by atoms with van der Waals surface area (Å²) in [5, 5.41) is 16.2. The highest BCUT2D eigenvalue weighted by Gasteiger charge is 2.31. The van der Waals surface area contributed by atoms with Gasteiger partial charge in [0, 0.05) is 24.2 Å². The lowest BCUT2D eigenvalue weighted by Gasteiger charge is -2.21. The minimum atomic E-state index is -0.880. The van der Waals surface area contributed by atoms with Crippen LogP contribution in [0.3, 0.4) is 0 Å². The van der Waals surface area contributed by atoms with Crippen molar-refractivity contribution >= 4 is 24.1 Å². The summed E-state index contributed by atoms with van der Waals surface area (Å²) in [4.78, 5) is 24.3. The van der Waals surface area contributed by atoms with Gasteiger partial charge in [-0.1, -0.05) is 36.4 Å². The maximum atomic E-state index is 12.4. The number of benzene rings is 2. The summed E-state index contributed by atoms with van der Waals surface area (Å²) in [7, 11) is 0. The monoisotopic (exact) mass is 374 g/mol. The third kappa shape index (κ3) is 4.49. The molecule has 0 bridgehead atoms. The first-order valence-corrected chi connectivity index (χ1v) is 8.40. The van der Waals surface area contributed by atoms with Gasteiger partial charge in [-0.25, -0.2) is 0 Å². The molecule has 3 N–H and O–H groups in total. The summed E-state index contributed by atoms with van der Waals surface area (Å²) in [5.74, 6) is -0.246. The Morgan fingerprint density at radius 2 is 1.96 bits per heavy atom. The second-order valence-corrected chi connectivity index (χ2v) is 6.52. The molecule has 1 amide bonds. The van der Waals surface area contributed by atoms with Crippen LogP contribution < -0.4 is 10.6 Å². The van der Waals surface area contributed by atoms with E-state index < -0.39 is 5.60 Å². The number of hydrogen-bond acceptors (Lipinski definition) is 4.